The third-order valence-electron chi connectivity index (χ3n) is 5.43. The first-order valence-corrected chi connectivity index (χ1v) is 9.74. The smallest absolute Gasteiger partial charge is 0.274 e. The summed E-state index contributed by atoms with van der Waals surface area (Å²) in [6.45, 7) is 4.37. The molecule has 0 aliphatic carbocycles. The van der Waals surface area contributed by atoms with Crippen LogP contribution < -0.4 is 9.47 Å². The summed E-state index contributed by atoms with van der Waals surface area (Å²) in [5.41, 5.74) is 2.62. The van der Waals surface area contributed by atoms with Crippen molar-refractivity contribution < 1.29 is 14.3 Å². The molecule has 7 heteroatoms. The fourth-order valence-corrected chi connectivity index (χ4v) is 3.71. The Labute approximate surface area is 166 Å². The molecule has 0 unspecified atom stereocenters. The van der Waals surface area contributed by atoms with Crippen LogP contribution in [0.5, 0.6) is 11.5 Å². The van der Waals surface area contributed by atoms with Gasteiger partial charge in [0, 0.05) is 31.4 Å². The number of H-pyrrole nitrogens is 1. The number of ether oxygens (including phenoxy) is 2. The van der Waals surface area contributed by atoms with Gasteiger partial charge in [-0.05, 0) is 57.0 Å². The molecule has 0 bridgehead atoms. The number of benzene rings is 1. The highest BCUT2D eigenvalue weighted by atomic mass is 16.5. The minimum Gasteiger partial charge on any atom is -0.493 e. The maximum absolute atomic E-state index is 12.7. The van der Waals surface area contributed by atoms with Crippen LogP contribution in [-0.2, 0) is 6.42 Å². The van der Waals surface area contributed by atoms with Crippen LogP contribution in [0.2, 0.25) is 0 Å². The number of likely N-dealkylation sites (N-methyl/N-ethyl adjacent to an activating group) is 1. The molecule has 3 rings (SSSR count). The topological polar surface area (TPSA) is 70.7 Å². The molecule has 28 heavy (non-hydrogen) atoms. The van der Waals surface area contributed by atoms with Crippen LogP contribution in [0.1, 0.15) is 34.6 Å². The van der Waals surface area contributed by atoms with Gasteiger partial charge in [-0.3, -0.25) is 9.89 Å². The second-order valence-electron chi connectivity index (χ2n) is 7.40. The molecule has 1 aliphatic heterocycles. The van der Waals surface area contributed by atoms with E-state index in [4.69, 9.17) is 9.47 Å². The number of nitrogens with zero attached hydrogens (tertiary/aromatic N) is 3. The summed E-state index contributed by atoms with van der Waals surface area (Å²) in [5.74, 6) is 1.52. The van der Waals surface area contributed by atoms with Gasteiger partial charge in [-0.1, -0.05) is 6.07 Å². The summed E-state index contributed by atoms with van der Waals surface area (Å²) >= 11 is 0. The minimum atomic E-state index is 0.0161. The molecule has 1 amide bonds. The van der Waals surface area contributed by atoms with E-state index >= 15 is 0 Å². The maximum Gasteiger partial charge on any atom is 0.274 e. The van der Waals surface area contributed by atoms with Crippen molar-refractivity contribution >= 4 is 5.91 Å². The Morgan fingerprint density at radius 3 is 2.75 bits per heavy atom. The maximum atomic E-state index is 12.7. The summed E-state index contributed by atoms with van der Waals surface area (Å²) in [7, 11) is 5.44. The number of rotatable bonds is 7. The van der Waals surface area contributed by atoms with Crippen LogP contribution in [0.15, 0.2) is 24.3 Å². The second-order valence-corrected chi connectivity index (χ2v) is 7.40. The third kappa shape index (κ3) is 4.65. The van der Waals surface area contributed by atoms with Crippen molar-refractivity contribution in [3.63, 3.8) is 0 Å². The number of aryl methyl sites for hydroxylation is 1. The number of aromatic nitrogens is 2. The predicted octanol–water partition coefficient (Wildman–Crippen LogP) is 2.51. The van der Waals surface area contributed by atoms with Gasteiger partial charge in [0.1, 0.15) is 5.69 Å². The molecule has 152 valence electrons. The lowest BCUT2D eigenvalue weighted by Crippen LogP contribution is -2.49. The molecule has 2 aromatic rings. The van der Waals surface area contributed by atoms with E-state index < -0.39 is 0 Å². The molecule has 1 aliphatic rings. The zero-order valence-corrected chi connectivity index (χ0v) is 17.2. The van der Waals surface area contributed by atoms with Gasteiger partial charge in [-0.25, -0.2) is 0 Å². The summed E-state index contributed by atoms with van der Waals surface area (Å²) in [6, 6.07) is 8.22. The first-order chi connectivity index (χ1) is 13.5. The van der Waals surface area contributed by atoms with Gasteiger partial charge in [0.05, 0.1) is 14.2 Å². The van der Waals surface area contributed by atoms with E-state index in [1.54, 1.807) is 14.2 Å². The zero-order valence-electron chi connectivity index (χ0n) is 17.2. The molecule has 1 aromatic carbocycles. The Bertz CT molecular complexity index is 805. The van der Waals surface area contributed by atoms with Crippen molar-refractivity contribution in [3.05, 3.63) is 41.2 Å². The standard InChI is InChI=1S/C21H30N4O3/c1-15-12-18(23-22-15)21(26)25-10-5-6-17(14-25)24(2)11-9-16-7-8-19(27-3)20(13-16)28-4/h7-8,12-13,17H,5-6,9-11,14H2,1-4H3,(H,22,23)/t17-/m0/s1. The molecular formula is C21H30N4O3. The predicted molar refractivity (Wildman–Crippen MR) is 108 cm³/mol. The van der Waals surface area contributed by atoms with E-state index in [0.29, 0.717) is 11.7 Å². The molecular weight excluding hydrogens is 356 g/mol. The van der Waals surface area contributed by atoms with Gasteiger partial charge in [0.2, 0.25) is 0 Å². The number of methoxy groups -OCH3 is 2. The van der Waals surface area contributed by atoms with Crippen molar-refractivity contribution in [2.75, 3.05) is 40.9 Å². The Morgan fingerprint density at radius 1 is 1.29 bits per heavy atom. The van der Waals surface area contributed by atoms with Gasteiger partial charge in [0.15, 0.2) is 11.5 Å². The van der Waals surface area contributed by atoms with E-state index in [1.165, 1.54) is 5.56 Å². The molecule has 0 radical (unpaired) electrons. The highest BCUT2D eigenvalue weighted by molar-refractivity contribution is 5.92. The van der Waals surface area contributed by atoms with Gasteiger partial charge < -0.3 is 19.3 Å². The first kappa shape index (κ1) is 20.2. The van der Waals surface area contributed by atoms with E-state index in [1.807, 2.05) is 30.0 Å². The van der Waals surface area contributed by atoms with Crippen LogP contribution >= 0.6 is 0 Å². The van der Waals surface area contributed by atoms with Crippen LogP contribution in [0.4, 0.5) is 0 Å². The Morgan fingerprint density at radius 2 is 2.07 bits per heavy atom. The highest BCUT2D eigenvalue weighted by Gasteiger charge is 2.27. The van der Waals surface area contributed by atoms with E-state index in [-0.39, 0.29) is 5.91 Å². The molecule has 1 saturated heterocycles. The molecule has 2 heterocycles. The number of hydrogen-bond acceptors (Lipinski definition) is 5. The van der Waals surface area contributed by atoms with Crippen molar-refractivity contribution in [1.29, 1.82) is 0 Å². The van der Waals surface area contributed by atoms with E-state index in [2.05, 4.69) is 28.2 Å². The fourth-order valence-electron chi connectivity index (χ4n) is 3.71. The quantitative estimate of drug-likeness (QED) is 0.792. The van der Waals surface area contributed by atoms with Crippen LogP contribution in [0, 0.1) is 6.92 Å². The molecule has 7 nitrogen and oxygen atoms in total. The lowest BCUT2D eigenvalue weighted by atomic mass is 10.0. The Balaban J connectivity index is 1.57. The number of amides is 1. The van der Waals surface area contributed by atoms with E-state index in [0.717, 1.165) is 56.1 Å². The monoisotopic (exact) mass is 386 g/mol. The average molecular weight is 386 g/mol. The number of carbonyl (C=O) groups is 1. The lowest BCUT2D eigenvalue weighted by molar-refractivity contribution is 0.0606. The second kappa shape index (κ2) is 9.10. The van der Waals surface area contributed by atoms with Gasteiger partial charge >= 0.3 is 0 Å². The molecule has 1 aromatic heterocycles. The largest absolute Gasteiger partial charge is 0.493 e. The summed E-state index contributed by atoms with van der Waals surface area (Å²) in [5, 5.41) is 6.97. The number of nitrogens with one attached hydrogen (secondary N) is 1. The fraction of sp³-hybridized carbons (Fsp3) is 0.524. The normalized spacial score (nSPS) is 17.0. The number of aromatic amines is 1. The molecule has 1 atom stereocenters. The third-order valence-corrected chi connectivity index (χ3v) is 5.43. The highest BCUT2D eigenvalue weighted by Crippen LogP contribution is 2.28. The Kier molecular flexibility index (Phi) is 6.57. The zero-order chi connectivity index (χ0) is 20.1. The summed E-state index contributed by atoms with van der Waals surface area (Å²) in [4.78, 5) is 17.0. The van der Waals surface area contributed by atoms with Crippen molar-refractivity contribution in [2.24, 2.45) is 0 Å². The van der Waals surface area contributed by atoms with Crippen molar-refractivity contribution in [1.82, 2.24) is 20.0 Å². The molecule has 0 spiro atoms. The van der Waals surface area contributed by atoms with Gasteiger partial charge in [-0.15, -0.1) is 0 Å². The SMILES string of the molecule is COc1ccc(CCN(C)[C@H]2CCCN(C(=O)c3cc(C)[nH]n3)C2)cc1OC. The Hall–Kier alpha value is -2.54. The number of likely N-dealkylation sites (tertiary alicyclic amines) is 1. The summed E-state index contributed by atoms with van der Waals surface area (Å²) < 4.78 is 10.7. The number of piperidine rings is 1. The van der Waals surface area contributed by atoms with Gasteiger partial charge in [-0.2, -0.15) is 5.10 Å². The molecule has 1 N–H and O–H groups in total. The van der Waals surface area contributed by atoms with E-state index in [9.17, 15) is 4.79 Å². The number of carbonyl (C=O) groups excluding carboxylic acids is 1. The van der Waals surface area contributed by atoms with Crippen molar-refractivity contribution in [3.8, 4) is 11.5 Å². The van der Waals surface area contributed by atoms with Crippen molar-refractivity contribution in [2.45, 2.75) is 32.2 Å². The average Bonchev–Trinajstić information content (AvgIpc) is 3.17. The van der Waals surface area contributed by atoms with Gasteiger partial charge in [0.25, 0.3) is 5.91 Å². The molecule has 0 saturated carbocycles. The first-order valence-electron chi connectivity index (χ1n) is 9.74. The summed E-state index contributed by atoms with van der Waals surface area (Å²) in [6.07, 6.45) is 3.03. The van der Waals surface area contributed by atoms with Crippen LogP contribution in [-0.4, -0.2) is 72.8 Å². The minimum absolute atomic E-state index is 0.0161. The molecule has 1 fully saturated rings. The van der Waals surface area contributed by atoms with Crippen LogP contribution in [0.25, 0.3) is 0 Å². The number of hydrogen-bond donors (Lipinski definition) is 1. The van der Waals surface area contributed by atoms with Crippen LogP contribution in [0.3, 0.4) is 0 Å². The lowest BCUT2D eigenvalue weighted by Gasteiger charge is -2.37.